The van der Waals surface area contributed by atoms with E-state index < -0.39 is 0 Å². The molecule has 0 radical (unpaired) electrons. The van der Waals surface area contributed by atoms with Gasteiger partial charge in [0.05, 0.1) is 4.88 Å². The predicted molar refractivity (Wildman–Crippen MR) is 112 cm³/mol. The number of anilines is 1. The lowest BCUT2D eigenvalue weighted by Crippen LogP contribution is -2.46. The van der Waals surface area contributed by atoms with Crippen LogP contribution in [0.2, 0.25) is 0 Å². The second-order valence-electron chi connectivity index (χ2n) is 6.71. The number of hydrogen-bond donors (Lipinski definition) is 2. The van der Waals surface area contributed by atoms with Crippen LogP contribution in [0.4, 0.5) is 5.82 Å². The zero-order valence-electron chi connectivity index (χ0n) is 16.2. The van der Waals surface area contributed by atoms with Crippen molar-refractivity contribution in [3.05, 3.63) is 46.3 Å². The number of thiophene rings is 1. The number of carbonyl (C=O) groups excluding carboxylic acids is 2. The zero-order valence-corrected chi connectivity index (χ0v) is 17.0. The summed E-state index contributed by atoms with van der Waals surface area (Å²) in [4.78, 5) is 33.7. The standard InChI is InChI=1S/C20H27N5O2S/c1-2-24-9-11-25(12-10-24)18-6-5-16(14-22-18)15-23-19(26)7-8-21-20(27)17-4-3-13-28-17/h3-6,13-14H,2,7-12,15H2,1H3,(H,21,27)(H,23,26). The van der Waals surface area contributed by atoms with Crippen LogP contribution in [0.15, 0.2) is 35.8 Å². The molecule has 1 aliphatic rings. The summed E-state index contributed by atoms with van der Waals surface area (Å²) in [5.41, 5.74) is 0.965. The molecule has 0 saturated carbocycles. The number of nitrogens with zero attached hydrogens (tertiary/aromatic N) is 3. The number of likely N-dealkylation sites (N-methyl/N-ethyl adjacent to an activating group) is 1. The van der Waals surface area contributed by atoms with Crippen LogP contribution < -0.4 is 15.5 Å². The molecule has 1 fully saturated rings. The first-order valence-electron chi connectivity index (χ1n) is 9.66. The minimum absolute atomic E-state index is 0.0914. The van der Waals surface area contributed by atoms with Gasteiger partial charge in [0.15, 0.2) is 0 Å². The Morgan fingerprint density at radius 3 is 2.61 bits per heavy atom. The van der Waals surface area contributed by atoms with Gasteiger partial charge in [-0.15, -0.1) is 11.3 Å². The molecule has 0 aliphatic carbocycles. The van der Waals surface area contributed by atoms with Gasteiger partial charge in [-0.3, -0.25) is 9.59 Å². The largest absolute Gasteiger partial charge is 0.354 e. The van der Waals surface area contributed by atoms with E-state index in [0.717, 1.165) is 44.1 Å². The highest BCUT2D eigenvalue weighted by Crippen LogP contribution is 2.14. The molecule has 1 aliphatic heterocycles. The SMILES string of the molecule is CCN1CCN(c2ccc(CNC(=O)CCNC(=O)c3cccs3)cn2)CC1. The highest BCUT2D eigenvalue weighted by Gasteiger charge is 2.16. The Morgan fingerprint density at radius 2 is 1.96 bits per heavy atom. The van der Waals surface area contributed by atoms with E-state index in [1.807, 2.05) is 29.8 Å². The van der Waals surface area contributed by atoms with Crippen molar-refractivity contribution in [2.24, 2.45) is 0 Å². The Bertz CT molecular complexity index is 755. The molecule has 8 heteroatoms. The third-order valence-electron chi connectivity index (χ3n) is 4.82. The number of amides is 2. The molecule has 7 nitrogen and oxygen atoms in total. The number of piperazine rings is 1. The minimum Gasteiger partial charge on any atom is -0.354 e. The van der Waals surface area contributed by atoms with Crippen LogP contribution in [0.1, 0.15) is 28.6 Å². The molecule has 3 heterocycles. The van der Waals surface area contributed by atoms with Crippen LogP contribution in [0.25, 0.3) is 0 Å². The van der Waals surface area contributed by atoms with Gasteiger partial charge in [0, 0.05) is 51.9 Å². The molecule has 2 aromatic rings. The Morgan fingerprint density at radius 1 is 1.14 bits per heavy atom. The summed E-state index contributed by atoms with van der Waals surface area (Å²) < 4.78 is 0. The van der Waals surface area contributed by atoms with Crippen LogP contribution in [-0.2, 0) is 11.3 Å². The van der Waals surface area contributed by atoms with Gasteiger partial charge in [0.1, 0.15) is 5.82 Å². The van der Waals surface area contributed by atoms with Gasteiger partial charge in [0.2, 0.25) is 5.91 Å². The fourth-order valence-electron chi connectivity index (χ4n) is 3.07. The first kappa shape index (κ1) is 20.3. The second-order valence-corrected chi connectivity index (χ2v) is 7.65. The van der Waals surface area contributed by atoms with Crippen molar-refractivity contribution in [3.63, 3.8) is 0 Å². The molecule has 0 aromatic carbocycles. The fourth-order valence-corrected chi connectivity index (χ4v) is 3.72. The van der Waals surface area contributed by atoms with Crippen molar-refractivity contribution in [2.75, 3.05) is 44.2 Å². The molecule has 2 aromatic heterocycles. The molecule has 0 bridgehead atoms. The van der Waals surface area contributed by atoms with E-state index in [1.165, 1.54) is 11.3 Å². The number of rotatable bonds is 8. The average molecular weight is 402 g/mol. The number of hydrogen-bond acceptors (Lipinski definition) is 6. The Balaban J connectivity index is 1.36. The summed E-state index contributed by atoms with van der Waals surface area (Å²) in [5.74, 6) is 0.760. The number of nitrogens with one attached hydrogen (secondary N) is 2. The van der Waals surface area contributed by atoms with Crippen molar-refractivity contribution in [1.82, 2.24) is 20.5 Å². The van der Waals surface area contributed by atoms with Crippen molar-refractivity contribution in [2.45, 2.75) is 19.9 Å². The molecule has 0 atom stereocenters. The van der Waals surface area contributed by atoms with Gasteiger partial charge in [-0.05, 0) is 29.6 Å². The zero-order chi connectivity index (χ0) is 19.8. The molecular weight excluding hydrogens is 374 g/mol. The summed E-state index contributed by atoms with van der Waals surface area (Å²) in [5, 5.41) is 7.48. The molecule has 0 spiro atoms. The molecular formula is C20H27N5O2S. The maximum Gasteiger partial charge on any atom is 0.261 e. The number of carbonyl (C=O) groups is 2. The van der Waals surface area contributed by atoms with Crippen LogP contribution >= 0.6 is 11.3 Å². The first-order valence-corrected chi connectivity index (χ1v) is 10.5. The summed E-state index contributed by atoms with van der Waals surface area (Å²) in [6.07, 6.45) is 2.07. The maximum atomic E-state index is 12.0. The van der Waals surface area contributed by atoms with Gasteiger partial charge in [-0.2, -0.15) is 0 Å². The summed E-state index contributed by atoms with van der Waals surface area (Å²) in [6, 6.07) is 7.62. The van der Waals surface area contributed by atoms with E-state index >= 15 is 0 Å². The Labute approximate surface area is 169 Å². The normalized spacial score (nSPS) is 14.7. The van der Waals surface area contributed by atoms with Crippen molar-refractivity contribution in [3.8, 4) is 0 Å². The monoisotopic (exact) mass is 401 g/mol. The maximum absolute atomic E-state index is 12.0. The minimum atomic E-state index is -0.137. The van der Waals surface area contributed by atoms with Crippen molar-refractivity contribution < 1.29 is 9.59 Å². The molecule has 0 unspecified atom stereocenters. The first-order chi connectivity index (χ1) is 13.7. The van der Waals surface area contributed by atoms with Gasteiger partial charge in [-0.1, -0.05) is 19.1 Å². The molecule has 3 rings (SSSR count). The average Bonchev–Trinajstić information content (AvgIpc) is 3.28. The highest BCUT2D eigenvalue weighted by atomic mass is 32.1. The highest BCUT2D eigenvalue weighted by molar-refractivity contribution is 7.12. The van der Waals surface area contributed by atoms with Crippen LogP contribution in [0.5, 0.6) is 0 Å². The van der Waals surface area contributed by atoms with E-state index in [-0.39, 0.29) is 18.2 Å². The van der Waals surface area contributed by atoms with Crippen molar-refractivity contribution >= 4 is 29.0 Å². The lowest BCUT2D eigenvalue weighted by atomic mass is 10.2. The van der Waals surface area contributed by atoms with E-state index in [2.05, 4.69) is 32.3 Å². The molecule has 28 heavy (non-hydrogen) atoms. The fraction of sp³-hybridized carbons (Fsp3) is 0.450. The van der Waals surface area contributed by atoms with E-state index in [4.69, 9.17) is 0 Å². The summed E-state index contributed by atoms with van der Waals surface area (Å²) in [6.45, 7) is 8.17. The van der Waals surface area contributed by atoms with Gasteiger partial charge < -0.3 is 20.4 Å². The lowest BCUT2D eigenvalue weighted by Gasteiger charge is -2.34. The number of aromatic nitrogens is 1. The smallest absolute Gasteiger partial charge is 0.261 e. The Kier molecular flexibility index (Phi) is 7.39. The lowest BCUT2D eigenvalue weighted by molar-refractivity contribution is -0.121. The van der Waals surface area contributed by atoms with Crippen molar-refractivity contribution in [1.29, 1.82) is 0 Å². The predicted octanol–water partition coefficient (Wildman–Crippen LogP) is 1.72. The summed E-state index contributed by atoms with van der Waals surface area (Å²) in [7, 11) is 0. The summed E-state index contributed by atoms with van der Waals surface area (Å²) >= 11 is 1.38. The molecule has 150 valence electrons. The molecule has 2 amide bonds. The topological polar surface area (TPSA) is 77.6 Å². The van der Waals surface area contributed by atoms with Gasteiger partial charge in [0.25, 0.3) is 5.91 Å². The second kappa shape index (κ2) is 10.2. The van der Waals surface area contributed by atoms with E-state index in [9.17, 15) is 9.59 Å². The quantitative estimate of drug-likeness (QED) is 0.704. The van der Waals surface area contributed by atoms with E-state index in [0.29, 0.717) is 18.0 Å². The van der Waals surface area contributed by atoms with Crippen LogP contribution in [-0.4, -0.2) is 61.0 Å². The van der Waals surface area contributed by atoms with Gasteiger partial charge >= 0.3 is 0 Å². The third kappa shape index (κ3) is 5.77. The van der Waals surface area contributed by atoms with Crippen LogP contribution in [0, 0.1) is 0 Å². The van der Waals surface area contributed by atoms with Gasteiger partial charge in [-0.25, -0.2) is 4.98 Å². The number of pyridine rings is 1. The Hall–Kier alpha value is -2.45. The van der Waals surface area contributed by atoms with Crippen LogP contribution in [0.3, 0.4) is 0 Å². The van der Waals surface area contributed by atoms with E-state index in [1.54, 1.807) is 6.07 Å². The molecule has 2 N–H and O–H groups in total. The molecule has 1 saturated heterocycles. The third-order valence-corrected chi connectivity index (χ3v) is 5.69.